The number of thiophene rings is 1. The van der Waals surface area contributed by atoms with Crippen molar-refractivity contribution in [2.75, 3.05) is 5.84 Å². The lowest BCUT2D eigenvalue weighted by molar-refractivity contribution is 0.561. The lowest BCUT2D eigenvalue weighted by atomic mass is 9.98. The number of thioether (sulfide) groups is 1. The van der Waals surface area contributed by atoms with Gasteiger partial charge in [0.2, 0.25) is 5.16 Å². The minimum Gasteiger partial charge on any atom is -0.336 e. The number of H-pyrrole nitrogens is 1. The average Bonchev–Trinajstić information content (AvgIpc) is 3.06. The molecule has 0 fully saturated rings. The number of nitrogens with two attached hydrogens (primary N) is 1. The molecule has 0 aromatic carbocycles. The molecule has 25 heavy (non-hydrogen) atoms. The van der Waals surface area contributed by atoms with Gasteiger partial charge in [-0.1, -0.05) is 32.0 Å². The van der Waals surface area contributed by atoms with Crippen LogP contribution in [0.25, 0.3) is 10.2 Å². The highest BCUT2D eigenvalue weighted by molar-refractivity contribution is 7.98. The molecular formula is C16H22N6OS2. The van der Waals surface area contributed by atoms with Gasteiger partial charge in [0.25, 0.3) is 5.56 Å². The Labute approximate surface area is 154 Å². The van der Waals surface area contributed by atoms with Crippen molar-refractivity contribution in [1.29, 1.82) is 0 Å². The van der Waals surface area contributed by atoms with Gasteiger partial charge in [-0.2, -0.15) is 0 Å². The van der Waals surface area contributed by atoms with Crippen molar-refractivity contribution in [3.05, 3.63) is 32.4 Å². The molecule has 134 valence electrons. The Morgan fingerprint density at radius 2 is 2.12 bits per heavy atom. The van der Waals surface area contributed by atoms with Crippen LogP contribution in [0.3, 0.4) is 0 Å². The highest BCUT2D eigenvalue weighted by Gasteiger charge is 2.17. The number of hydrogen-bond acceptors (Lipinski definition) is 7. The molecule has 3 heterocycles. The average molecular weight is 379 g/mol. The molecule has 0 spiro atoms. The maximum Gasteiger partial charge on any atom is 0.259 e. The number of aromatic amines is 1. The number of fused-ring (bicyclic) bond motifs is 1. The Balaban J connectivity index is 1.89. The van der Waals surface area contributed by atoms with Gasteiger partial charge in [-0.05, 0) is 31.7 Å². The van der Waals surface area contributed by atoms with E-state index in [2.05, 4.69) is 40.9 Å². The molecular weight excluding hydrogens is 356 g/mol. The first kappa shape index (κ1) is 17.9. The van der Waals surface area contributed by atoms with Crippen LogP contribution in [0.5, 0.6) is 0 Å². The maximum atomic E-state index is 12.6. The molecule has 1 atom stereocenters. The standard InChI is InChI=1S/C16H22N6OS2/c1-5-8(2)6-11-9(3)25-15-13(11)14(23)18-12(19-15)7-24-16-21-20-10(4)22(16)17/h8H,5-7,17H2,1-4H3,(H,18,19,23)/t8-/m0/s1. The van der Waals surface area contributed by atoms with Gasteiger partial charge < -0.3 is 10.8 Å². The molecule has 0 saturated carbocycles. The SMILES string of the molecule is CC[C@H](C)Cc1c(C)sc2nc(CSc3nnc(C)n3N)[nH]c(=O)c12. The van der Waals surface area contributed by atoms with E-state index in [1.54, 1.807) is 18.3 Å². The summed E-state index contributed by atoms with van der Waals surface area (Å²) >= 11 is 2.99. The van der Waals surface area contributed by atoms with Gasteiger partial charge in [-0.25, -0.2) is 9.66 Å². The van der Waals surface area contributed by atoms with Gasteiger partial charge in [0, 0.05) is 4.88 Å². The van der Waals surface area contributed by atoms with E-state index < -0.39 is 0 Å². The van der Waals surface area contributed by atoms with Crippen LogP contribution in [0.2, 0.25) is 0 Å². The molecule has 7 nitrogen and oxygen atoms in total. The lowest BCUT2D eigenvalue weighted by Gasteiger charge is -2.08. The van der Waals surface area contributed by atoms with Crippen molar-refractivity contribution >= 4 is 33.3 Å². The zero-order valence-electron chi connectivity index (χ0n) is 14.8. The van der Waals surface area contributed by atoms with E-state index in [1.807, 2.05) is 0 Å². The van der Waals surface area contributed by atoms with Gasteiger partial charge in [0.1, 0.15) is 16.5 Å². The number of aromatic nitrogens is 5. The molecule has 3 aromatic heterocycles. The molecule has 0 unspecified atom stereocenters. The Morgan fingerprint density at radius 3 is 2.76 bits per heavy atom. The van der Waals surface area contributed by atoms with E-state index in [-0.39, 0.29) is 5.56 Å². The van der Waals surface area contributed by atoms with Crippen molar-refractivity contribution in [1.82, 2.24) is 24.8 Å². The van der Waals surface area contributed by atoms with Crippen LogP contribution in [0.4, 0.5) is 0 Å². The van der Waals surface area contributed by atoms with Crippen LogP contribution in [0.15, 0.2) is 9.95 Å². The van der Waals surface area contributed by atoms with E-state index in [9.17, 15) is 4.79 Å². The van der Waals surface area contributed by atoms with Gasteiger partial charge >= 0.3 is 0 Å². The highest BCUT2D eigenvalue weighted by atomic mass is 32.2. The Morgan fingerprint density at radius 1 is 1.36 bits per heavy atom. The first-order valence-electron chi connectivity index (χ1n) is 8.21. The Bertz CT molecular complexity index is 958. The van der Waals surface area contributed by atoms with E-state index in [1.165, 1.54) is 21.3 Å². The monoisotopic (exact) mass is 378 g/mol. The fourth-order valence-electron chi connectivity index (χ4n) is 2.61. The summed E-state index contributed by atoms with van der Waals surface area (Å²) in [6, 6.07) is 0. The van der Waals surface area contributed by atoms with Crippen LogP contribution in [0.1, 0.15) is 42.4 Å². The summed E-state index contributed by atoms with van der Waals surface area (Å²) in [6.07, 6.45) is 2.01. The summed E-state index contributed by atoms with van der Waals surface area (Å²) in [5, 5.41) is 9.27. The molecule has 9 heteroatoms. The molecule has 0 aliphatic heterocycles. The van der Waals surface area contributed by atoms with E-state index in [0.29, 0.717) is 28.5 Å². The molecule has 0 aliphatic rings. The second kappa shape index (κ2) is 7.17. The summed E-state index contributed by atoms with van der Waals surface area (Å²) in [5.74, 6) is 8.15. The minimum atomic E-state index is -0.0614. The second-order valence-electron chi connectivity index (χ2n) is 6.24. The second-order valence-corrected chi connectivity index (χ2v) is 8.38. The summed E-state index contributed by atoms with van der Waals surface area (Å²) in [5.41, 5.74) is 1.08. The van der Waals surface area contributed by atoms with Crippen LogP contribution in [-0.2, 0) is 12.2 Å². The van der Waals surface area contributed by atoms with Crippen LogP contribution in [-0.4, -0.2) is 24.8 Å². The maximum absolute atomic E-state index is 12.6. The van der Waals surface area contributed by atoms with Crippen molar-refractivity contribution in [2.45, 2.75) is 51.4 Å². The summed E-state index contributed by atoms with van der Waals surface area (Å²) in [6.45, 7) is 8.24. The van der Waals surface area contributed by atoms with Crippen LogP contribution >= 0.6 is 23.1 Å². The largest absolute Gasteiger partial charge is 0.336 e. The summed E-state index contributed by atoms with van der Waals surface area (Å²) in [4.78, 5) is 22.2. The van der Waals surface area contributed by atoms with Crippen LogP contribution in [0, 0.1) is 19.8 Å². The molecule has 3 aromatic rings. The molecule has 3 N–H and O–H groups in total. The van der Waals surface area contributed by atoms with E-state index in [4.69, 9.17) is 5.84 Å². The van der Waals surface area contributed by atoms with Gasteiger partial charge in [-0.15, -0.1) is 21.5 Å². The van der Waals surface area contributed by atoms with Crippen molar-refractivity contribution < 1.29 is 0 Å². The molecule has 0 aliphatic carbocycles. The third kappa shape index (κ3) is 3.57. The number of nitrogen functional groups attached to an aromatic ring is 1. The number of rotatable bonds is 6. The van der Waals surface area contributed by atoms with Crippen LogP contribution < -0.4 is 11.4 Å². The van der Waals surface area contributed by atoms with Gasteiger partial charge in [0.15, 0.2) is 0 Å². The topological polar surface area (TPSA) is 102 Å². The molecule has 0 saturated heterocycles. The quantitative estimate of drug-likeness (QED) is 0.505. The van der Waals surface area contributed by atoms with Crippen molar-refractivity contribution in [3.63, 3.8) is 0 Å². The van der Waals surface area contributed by atoms with E-state index >= 15 is 0 Å². The first-order chi connectivity index (χ1) is 11.9. The number of aryl methyl sites for hydroxylation is 2. The minimum absolute atomic E-state index is 0.0614. The summed E-state index contributed by atoms with van der Waals surface area (Å²) < 4.78 is 1.43. The third-order valence-corrected chi connectivity index (χ3v) is 6.33. The van der Waals surface area contributed by atoms with Gasteiger partial charge in [-0.3, -0.25) is 4.79 Å². The van der Waals surface area contributed by atoms with Crippen molar-refractivity contribution in [3.8, 4) is 0 Å². The van der Waals surface area contributed by atoms with Crippen molar-refractivity contribution in [2.24, 2.45) is 5.92 Å². The number of nitrogens with zero attached hydrogens (tertiary/aromatic N) is 4. The summed E-state index contributed by atoms with van der Waals surface area (Å²) in [7, 11) is 0. The zero-order chi connectivity index (χ0) is 18.1. The lowest BCUT2D eigenvalue weighted by Crippen LogP contribution is -2.14. The smallest absolute Gasteiger partial charge is 0.259 e. The molecule has 3 rings (SSSR count). The fourth-order valence-corrected chi connectivity index (χ4v) is 4.45. The fraction of sp³-hybridized carbons (Fsp3) is 0.500. The Hall–Kier alpha value is -1.87. The molecule has 0 bridgehead atoms. The third-order valence-electron chi connectivity index (χ3n) is 4.33. The van der Waals surface area contributed by atoms with E-state index in [0.717, 1.165) is 28.6 Å². The van der Waals surface area contributed by atoms with Gasteiger partial charge in [0.05, 0.1) is 11.1 Å². The zero-order valence-corrected chi connectivity index (χ0v) is 16.4. The molecule has 0 amide bonds. The predicted octanol–water partition coefficient (Wildman–Crippen LogP) is 2.79. The first-order valence-corrected chi connectivity index (χ1v) is 10.0. The number of hydrogen-bond donors (Lipinski definition) is 2. The predicted molar refractivity (Wildman–Crippen MR) is 103 cm³/mol. The Kier molecular flexibility index (Phi) is 5.14. The number of nitrogens with one attached hydrogen (secondary N) is 1. The normalized spacial score (nSPS) is 12.8. The highest BCUT2D eigenvalue weighted by Crippen LogP contribution is 2.30. The molecule has 0 radical (unpaired) electrons.